The summed E-state index contributed by atoms with van der Waals surface area (Å²) in [6, 6.07) is 0.538. The van der Waals surface area contributed by atoms with Gasteiger partial charge in [-0.25, -0.2) is 4.98 Å². The zero-order chi connectivity index (χ0) is 14.7. The molecule has 114 valence electrons. The fraction of sp³-hybridized carbons (Fsp3) is 0.800. The van der Waals surface area contributed by atoms with Crippen LogP contribution in [0.3, 0.4) is 0 Å². The second kappa shape index (κ2) is 6.87. The summed E-state index contributed by atoms with van der Waals surface area (Å²) in [5.74, 6) is 0.494. The van der Waals surface area contributed by atoms with Crippen molar-refractivity contribution in [1.82, 2.24) is 15.2 Å². The topological polar surface area (TPSA) is 31.4 Å². The number of hydrogen-bond acceptors (Lipinski definition) is 5. The molecule has 0 aromatic carbocycles. The molecule has 0 amide bonds. The molecule has 1 aromatic heterocycles. The Bertz CT molecular complexity index is 430. The third-order valence-corrected chi connectivity index (χ3v) is 5.00. The molecular weight excluding hydrogens is 268 g/mol. The first-order chi connectivity index (χ1) is 9.52. The van der Waals surface area contributed by atoms with Gasteiger partial charge in [-0.2, -0.15) is 0 Å². The van der Waals surface area contributed by atoms with E-state index in [2.05, 4.69) is 42.9 Å². The predicted octanol–water partition coefficient (Wildman–Crippen LogP) is 2.52. The zero-order valence-electron chi connectivity index (χ0n) is 13.4. The van der Waals surface area contributed by atoms with E-state index >= 15 is 0 Å². The summed E-state index contributed by atoms with van der Waals surface area (Å²) in [5, 5.41) is 4.48. The van der Waals surface area contributed by atoms with E-state index in [-0.39, 0.29) is 0 Å². The molecule has 0 saturated carbocycles. The summed E-state index contributed by atoms with van der Waals surface area (Å²) < 4.78 is 0. The maximum Gasteiger partial charge on any atom is 0.186 e. The van der Waals surface area contributed by atoms with E-state index in [0.717, 1.165) is 19.6 Å². The van der Waals surface area contributed by atoms with Crippen LogP contribution >= 0.6 is 11.3 Å². The smallest absolute Gasteiger partial charge is 0.186 e. The Hall–Kier alpha value is -0.650. The molecule has 1 fully saturated rings. The Kier molecular flexibility index (Phi) is 5.41. The molecule has 2 rings (SSSR count). The van der Waals surface area contributed by atoms with Crippen molar-refractivity contribution in [3.8, 4) is 0 Å². The fourth-order valence-corrected chi connectivity index (χ4v) is 4.22. The highest BCUT2D eigenvalue weighted by molar-refractivity contribution is 7.15. The number of aromatic nitrogens is 1. The van der Waals surface area contributed by atoms with Gasteiger partial charge in [-0.15, -0.1) is 11.3 Å². The summed E-state index contributed by atoms with van der Waals surface area (Å²) >= 11 is 1.87. The summed E-state index contributed by atoms with van der Waals surface area (Å²) in [7, 11) is 4.22. The molecule has 0 aliphatic carbocycles. The quantitative estimate of drug-likeness (QED) is 0.925. The second-order valence-electron chi connectivity index (χ2n) is 6.15. The van der Waals surface area contributed by atoms with E-state index in [4.69, 9.17) is 4.98 Å². The standard InChI is InChI=1S/C15H28N4S/c1-11(2)14-13(9-16-4)20-15(17-14)19-8-6-7-18(5)10-12(19)3/h11-12,16H,6-10H2,1-5H3. The summed E-state index contributed by atoms with van der Waals surface area (Å²) in [4.78, 5) is 11.3. The molecule has 1 aromatic rings. The van der Waals surface area contributed by atoms with Crippen LogP contribution < -0.4 is 10.2 Å². The zero-order valence-corrected chi connectivity index (χ0v) is 14.3. The minimum Gasteiger partial charge on any atom is -0.344 e. The van der Waals surface area contributed by atoms with Gasteiger partial charge < -0.3 is 15.1 Å². The third-order valence-electron chi connectivity index (χ3n) is 3.89. The number of rotatable bonds is 4. The first-order valence-corrected chi connectivity index (χ1v) is 8.44. The molecule has 1 aliphatic rings. The largest absolute Gasteiger partial charge is 0.344 e. The van der Waals surface area contributed by atoms with Gasteiger partial charge >= 0.3 is 0 Å². The summed E-state index contributed by atoms with van der Waals surface area (Å²) in [6.07, 6.45) is 1.22. The molecule has 1 N–H and O–H groups in total. The van der Waals surface area contributed by atoms with Crippen molar-refractivity contribution < 1.29 is 0 Å². The number of nitrogens with zero attached hydrogens (tertiary/aromatic N) is 3. The molecule has 2 heterocycles. The highest BCUT2D eigenvalue weighted by Gasteiger charge is 2.24. The molecule has 1 atom stereocenters. The maximum absolute atomic E-state index is 4.96. The molecule has 0 spiro atoms. The van der Waals surface area contributed by atoms with Crippen molar-refractivity contribution >= 4 is 16.5 Å². The van der Waals surface area contributed by atoms with Gasteiger partial charge in [0.25, 0.3) is 0 Å². The first kappa shape index (κ1) is 15.7. The van der Waals surface area contributed by atoms with Crippen molar-refractivity contribution in [2.45, 2.75) is 45.7 Å². The highest BCUT2D eigenvalue weighted by atomic mass is 32.1. The van der Waals surface area contributed by atoms with Crippen molar-refractivity contribution in [3.63, 3.8) is 0 Å². The number of likely N-dealkylation sites (N-methyl/N-ethyl adjacent to an activating group) is 1. The fourth-order valence-electron chi connectivity index (χ4n) is 2.87. The minimum absolute atomic E-state index is 0.494. The van der Waals surface area contributed by atoms with Crippen LogP contribution in [0.1, 0.15) is 43.7 Å². The van der Waals surface area contributed by atoms with Gasteiger partial charge in [0.1, 0.15) is 0 Å². The summed E-state index contributed by atoms with van der Waals surface area (Å²) in [6.45, 7) is 11.1. The van der Waals surface area contributed by atoms with Crippen LogP contribution in [0.4, 0.5) is 5.13 Å². The first-order valence-electron chi connectivity index (χ1n) is 7.62. The monoisotopic (exact) mass is 296 g/mol. The van der Waals surface area contributed by atoms with Gasteiger partial charge in [0.15, 0.2) is 5.13 Å². The van der Waals surface area contributed by atoms with Crippen LogP contribution in [0.5, 0.6) is 0 Å². The molecule has 0 radical (unpaired) electrons. The lowest BCUT2D eigenvalue weighted by Crippen LogP contribution is -2.37. The van der Waals surface area contributed by atoms with Crippen molar-refractivity contribution in [2.75, 3.05) is 38.6 Å². The van der Waals surface area contributed by atoms with Crippen LogP contribution in [-0.4, -0.2) is 49.7 Å². The van der Waals surface area contributed by atoms with Crippen molar-refractivity contribution in [2.24, 2.45) is 0 Å². The second-order valence-corrected chi connectivity index (χ2v) is 7.21. The molecule has 20 heavy (non-hydrogen) atoms. The van der Waals surface area contributed by atoms with Crippen LogP contribution in [0.25, 0.3) is 0 Å². The Labute approximate surface area is 127 Å². The predicted molar refractivity (Wildman–Crippen MR) is 87.9 cm³/mol. The highest BCUT2D eigenvalue weighted by Crippen LogP contribution is 2.32. The van der Waals surface area contributed by atoms with Gasteiger partial charge in [0, 0.05) is 30.6 Å². The average Bonchev–Trinajstić information content (AvgIpc) is 2.70. The molecule has 5 heteroatoms. The van der Waals surface area contributed by atoms with E-state index in [9.17, 15) is 0 Å². The van der Waals surface area contributed by atoms with Crippen LogP contribution in [0, 0.1) is 0 Å². The van der Waals surface area contributed by atoms with Crippen LogP contribution in [0.2, 0.25) is 0 Å². The van der Waals surface area contributed by atoms with Crippen LogP contribution in [-0.2, 0) is 6.54 Å². The van der Waals surface area contributed by atoms with Gasteiger partial charge in [0.05, 0.1) is 5.69 Å². The molecule has 1 aliphatic heterocycles. The van der Waals surface area contributed by atoms with E-state index in [1.54, 1.807) is 0 Å². The summed E-state index contributed by atoms with van der Waals surface area (Å²) in [5.41, 5.74) is 1.27. The Morgan fingerprint density at radius 3 is 2.80 bits per heavy atom. The van der Waals surface area contributed by atoms with Gasteiger partial charge in [-0.05, 0) is 39.9 Å². The molecular formula is C15H28N4S. The van der Waals surface area contributed by atoms with Crippen LogP contribution in [0.15, 0.2) is 0 Å². The number of thiazole rings is 1. The number of hydrogen-bond donors (Lipinski definition) is 1. The lowest BCUT2D eigenvalue weighted by atomic mass is 10.1. The normalized spacial score (nSPS) is 21.5. The average molecular weight is 296 g/mol. The Morgan fingerprint density at radius 1 is 1.40 bits per heavy atom. The van der Waals surface area contributed by atoms with E-state index in [1.807, 2.05) is 18.4 Å². The van der Waals surface area contributed by atoms with Gasteiger partial charge in [0.2, 0.25) is 0 Å². The number of anilines is 1. The molecule has 4 nitrogen and oxygen atoms in total. The lowest BCUT2D eigenvalue weighted by Gasteiger charge is -2.27. The maximum atomic E-state index is 4.96. The Balaban J connectivity index is 2.24. The van der Waals surface area contributed by atoms with Gasteiger partial charge in [-0.3, -0.25) is 0 Å². The Morgan fingerprint density at radius 2 is 2.15 bits per heavy atom. The molecule has 1 unspecified atom stereocenters. The van der Waals surface area contributed by atoms with E-state index in [1.165, 1.54) is 28.7 Å². The SMILES string of the molecule is CNCc1sc(N2CCCN(C)CC2C)nc1C(C)C. The lowest BCUT2D eigenvalue weighted by molar-refractivity contribution is 0.337. The van der Waals surface area contributed by atoms with Crippen molar-refractivity contribution in [3.05, 3.63) is 10.6 Å². The third kappa shape index (κ3) is 3.51. The minimum atomic E-state index is 0.494. The van der Waals surface area contributed by atoms with E-state index < -0.39 is 0 Å². The molecule has 1 saturated heterocycles. The number of nitrogens with one attached hydrogen (secondary N) is 1. The molecule has 0 bridgehead atoms. The van der Waals surface area contributed by atoms with Crippen molar-refractivity contribution in [1.29, 1.82) is 0 Å². The van der Waals surface area contributed by atoms with Gasteiger partial charge in [-0.1, -0.05) is 13.8 Å². The van der Waals surface area contributed by atoms with E-state index in [0.29, 0.717) is 12.0 Å².